The maximum Gasteiger partial charge on any atom is 0.154 e. The molecule has 2 N–H and O–H groups in total. The molecule has 2 rings (SSSR count). The lowest BCUT2D eigenvalue weighted by Crippen LogP contribution is -2.09. The number of thioether (sulfide) groups is 1. The molecule has 0 spiro atoms. The molecule has 0 aliphatic heterocycles. The quantitative estimate of drug-likeness (QED) is 0.606. The first-order valence-electron chi connectivity index (χ1n) is 6.51. The molecule has 0 amide bonds. The molecule has 0 heterocycles. The van der Waals surface area contributed by atoms with E-state index < -0.39 is 0 Å². The maximum atomic E-state index is 6.14. The Morgan fingerprint density at radius 1 is 1.19 bits per heavy atom. The van der Waals surface area contributed by atoms with Crippen molar-refractivity contribution in [2.75, 3.05) is 0 Å². The van der Waals surface area contributed by atoms with Crippen LogP contribution in [0.25, 0.3) is 0 Å². The highest BCUT2D eigenvalue weighted by atomic mass is 35.5. The van der Waals surface area contributed by atoms with Crippen molar-refractivity contribution in [1.82, 2.24) is 0 Å². The molecule has 0 radical (unpaired) electrons. The molecule has 0 aliphatic rings. The van der Waals surface area contributed by atoms with Crippen LogP contribution in [0, 0.1) is 0 Å². The summed E-state index contributed by atoms with van der Waals surface area (Å²) < 4.78 is 0. The Morgan fingerprint density at radius 2 is 1.90 bits per heavy atom. The number of rotatable bonds is 4. The normalized spacial score (nSPS) is 13.2. The highest BCUT2D eigenvalue weighted by Crippen LogP contribution is 2.25. The van der Waals surface area contributed by atoms with E-state index in [-0.39, 0.29) is 6.04 Å². The standard InChI is InChI=1S/C16H16Cl2N2S/c1-11(12-5-3-2-4-6-12)20-16(19)21-10-13-7-8-14(17)9-15(13)18/h2-9,11H,10H2,1H3,(H2,19,20)/t11-/m0/s1. The van der Waals surface area contributed by atoms with Crippen LogP contribution in [-0.4, -0.2) is 5.17 Å². The van der Waals surface area contributed by atoms with E-state index in [1.807, 2.05) is 49.4 Å². The zero-order valence-corrected chi connectivity index (χ0v) is 13.9. The Morgan fingerprint density at radius 3 is 2.57 bits per heavy atom. The van der Waals surface area contributed by atoms with E-state index in [0.29, 0.717) is 21.0 Å². The first-order valence-corrected chi connectivity index (χ1v) is 8.25. The SMILES string of the molecule is C[C@H](N=C(N)SCc1ccc(Cl)cc1Cl)c1ccccc1. The van der Waals surface area contributed by atoms with E-state index in [1.54, 1.807) is 6.07 Å². The van der Waals surface area contributed by atoms with E-state index in [9.17, 15) is 0 Å². The third-order valence-electron chi connectivity index (χ3n) is 2.99. The zero-order valence-electron chi connectivity index (χ0n) is 11.6. The first-order chi connectivity index (χ1) is 10.1. The molecular weight excluding hydrogens is 323 g/mol. The monoisotopic (exact) mass is 338 g/mol. The van der Waals surface area contributed by atoms with E-state index in [2.05, 4.69) is 4.99 Å². The van der Waals surface area contributed by atoms with E-state index >= 15 is 0 Å². The van der Waals surface area contributed by atoms with Crippen LogP contribution in [-0.2, 0) is 5.75 Å². The summed E-state index contributed by atoms with van der Waals surface area (Å²) >= 11 is 13.5. The molecule has 0 aliphatic carbocycles. The van der Waals surface area contributed by atoms with Gasteiger partial charge in [-0.1, -0.05) is 71.4 Å². The number of benzene rings is 2. The summed E-state index contributed by atoms with van der Waals surface area (Å²) in [6.07, 6.45) is 0. The van der Waals surface area contributed by atoms with Crippen molar-refractivity contribution in [2.24, 2.45) is 10.7 Å². The second kappa shape index (κ2) is 7.74. The molecule has 21 heavy (non-hydrogen) atoms. The summed E-state index contributed by atoms with van der Waals surface area (Å²) in [5.41, 5.74) is 8.12. The number of halogens is 2. The fourth-order valence-electron chi connectivity index (χ4n) is 1.82. The van der Waals surface area contributed by atoms with Crippen molar-refractivity contribution >= 4 is 40.1 Å². The molecule has 110 valence electrons. The van der Waals surface area contributed by atoms with Crippen LogP contribution in [0.2, 0.25) is 10.0 Å². The third kappa shape index (κ3) is 4.95. The molecule has 0 saturated heterocycles. The maximum absolute atomic E-state index is 6.14. The molecule has 2 aromatic carbocycles. The van der Waals surface area contributed by atoms with Gasteiger partial charge in [-0.15, -0.1) is 0 Å². The minimum Gasteiger partial charge on any atom is -0.379 e. The van der Waals surface area contributed by atoms with Crippen LogP contribution in [0.4, 0.5) is 0 Å². The van der Waals surface area contributed by atoms with Gasteiger partial charge in [0, 0.05) is 15.8 Å². The van der Waals surface area contributed by atoms with Crippen LogP contribution in [0.3, 0.4) is 0 Å². The summed E-state index contributed by atoms with van der Waals surface area (Å²) in [7, 11) is 0. The second-order valence-electron chi connectivity index (χ2n) is 4.58. The van der Waals surface area contributed by atoms with Crippen molar-refractivity contribution in [3.8, 4) is 0 Å². The number of aliphatic imine (C=N–C) groups is 1. The summed E-state index contributed by atoms with van der Waals surface area (Å²) in [6, 6.07) is 15.6. The topological polar surface area (TPSA) is 38.4 Å². The molecule has 0 fully saturated rings. The summed E-state index contributed by atoms with van der Waals surface area (Å²) in [5, 5.41) is 1.84. The first kappa shape index (κ1) is 16.2. The van der Waals surface area contributed by atoms with Gasteiger partial charge in [-0.3, -0.25) is 4.99 Å². The molecule has 2 nitrogen and oxygen atoms in total. The molecule has 0 saturated carbocycles. The largest absolute Gasteiger partial charge is 0.379 e. The molecule has 0 unspecified atom stereocenters. The average Bonchev–Trinajstić information content (AvgIpc) is 2.47. The molecule has 2 aromatic rings. The Bertz CT molecular complexity index is 629. The van der Waals surface area contributed by atoms with Crippen LogP contribution in [0.1, 0.15) is 24.1 Å². The lowest BCUT2D eigenvalue weighted by molar-refractivity contribution is 0.822. The molecule has 0 bridgehead atoms. The van der Waals surface area contributed by atoms with Gasteiger partial charge in [-0.25, -0.2) is 0 Å². The number of hydrogen-bond donors (Lipinski definition) is 1. The van der Waals surface area contributed by atoms with Gasteiger partial charge in [0.25, 0.3) is 0 Å². The fourth-order valence-corrected chi connectivity index (χ4v) is 3.17. The third-order valence-corrected chi connectivity index (χ3v) is 4.44. The number of amidine groups is 1. The molecular formula is C16H16Cl2N2S. The van der Waals surface area contributed by atoms with Crippen molar-refractivity contribution in [2.45, 2.75) is 18.7 Å². The number of hydrogen-bond acceptors (Lipinski definition) is 2. The van der Waals surface area contributed by atoms with E-state index in [0.717, 1.165) is 11.1 Å². The number of nitrogens with two attached hydrogens (primary N) is 1. The Hall–Kier alpha value is -1.16. The van der Waals surface area contributed by atoms with E-state index in [4.69, 9.17) is 28.9 Å². The van der Waals surface area contributed by atoms with Gasteiger partial charge in [0.2, 0.25) is 0 Å². The van der Waals surface area contributed by atoms with Gasteiger partial charge in [0.05, 0.1) is 6.04 Å². The van der Waals surface area contributed by atoms with Gasteiger partial charge in [0.1, 0.15) is 0 Å². The van der Waals surface area contributed by atoms with Gasteiger partial charge >= 0.3 is 0 Å². The summed E-state index contributed by atoms with van der Waals surface area (Å²) in [5.74, 6) is 0.673. The van der Waals surface area contributed by atoms with Crippen LogP contribution in [0.5, 0.6) is 0 Å². The van der Waals surface area contributed by atoms with Gasteiger partial charge in [-0.05, 0) is 30.2 Å². The Balaban J connectivity index is 1.98. The van der Waals surface area contributed by atoms with Crippen LogP contribution >= 0.6 is 35.0 Å². The van der Waals surface area contributed by atoms with Crippen molar-refractivity contribution < 1.29 is 0 Å². The minimum absolute atomic E-state index is 0.0411. The predicted octanol–water partition coefficient (Wildman–Crippen LogP) is 5.30. The van der Waals surface area contributed by atoms with Crippen molar-refractivity contribution in [3.63, 3.8) is 0 Å². The smallest absolute Gasteiger partial charge is 0.154 e. The van der Waals surface area contributed by atoms with Crippen molar-refractivity contribution in [3.05, 3.63) is 69.7 Å². The lowest BCUT2D eigenvalue weighted by Gasteiger charge is -2.09. The predicted molar refractivity (Wildman–Crippen MR) is 94.2 cm³/mol. The number of nitrogens with zero attached hydrogens (tertiary/aromatic N) is 1. The lowest BCUT2D eigenvalue weighted by atomic mass is 10.1. The summed E-state index contributed by atoms with van der Waals surface area (Å²) in [6.45, 7) is 2.03. The minimum atomic E-state index is 0.0411. The van der Waals surface area contributed by atoms with Gasteiger partial charge in [-0.2, -0.15) is 0 Å². The summed E-state index contributed by atoms with van der Waals surface area (Å²) in [4.78, 5) is 4.50. The van der Waals surface area contributed by atoms with Gasteiger partial charge < -0.3 is 5.73 Å². The molecule has 5 heteroatoms. The zero-order chi connectivity index (χ0) is 15.2. The Kier molecular flexibility index (Phi) is 5.97. The second-order valence-corrected chi connectivity index (χ2v) is 6.42. The van der Waals surface area contributed by atoms with Gasteiger partial charge in [0.15, 0.2) is 5.17 Å². The van der Waals surface area contributed by atoms with E-state index in [1.165, 1.54) is 11.8 Å². The highest BCUT2D eigenvalue weighted by molar-refractivity contribution is 8.13. The van der Waals surface area contributed by atoms with Crippen LogP contribution < -0.4 is 5.73 Å². The van der Waals surface area contributed by atoms with Crippen LogP contribution in [0.15, 0.2) is 53.5 Å². The molecule has 0 aromatic heterocycles. The molecule has 1 atom stereocenters. The fraction of sp³-hybridized carbons (Fsp3) is 0.188. The highest BCUT2D eigenvalue weighted by Gasteiger charge is 2.06. The Labute approximate surface area is 139 Å². The van der Waals surface area contributed by atoms with Crippen molar-refractivity contribution in [1.29, 1.82) is 0 Å². The average molecular weight is 339 g/mol.